The van der Waals surface area contributed by atoms with Gasteiger partial charge in [-0.15, -0.1) is 0 Å². The third-order valence-electron chi connectivity index (χ3n) is 5.27. The van der Waals surface area contributed by atoms with Crippen molar-refractivity contribution in [3.05, 3.63) is 11.1 Å². The second-order valence-electron chi connectivity index (χ2n) is 6.96. The normalized spacial score (nSPS) is 20.3. The maximum absolute atomic E-state index is 13.0. The molecule has 6 heteroatoms. The molecule has 5 nitrogen and oxygen atoms in total. The second-order valence-corrected chi connectivity index (χ2v) is 8.02. The number of urea groups is 1. The molecular formula is C18H27N3O2S. The van der Waals surface area contributed by atoms with Crippen LogP contribution in [0.15, 0.2) is 6.20 Å². The van der Waals surface area contributed by atoms with Gasteiger partial charge >= 0.3 is 6.03 Å². The first-order chi connectivity index (χ1) is 11.8. The molecule has 1 heterocycles. The van der Waals surface area contributed by atoms with Crippen LogP contribution in [-0.2, 0) is 0 Å². The molecule has 2 fully saturated rings. The number of amides is 2. The van der Waals surface area contributed by atoms with E-state index >= 15 is 0 Å². The minimum atomic E-state index is -0.0272. The molecule has 0 aliphatic heterocycles. The van der Waals surface area contributed by atoms with Gasteiger partial charge in [0.05, 0.1) is 11.1 Å². The summed E-state index contributed by atoms with van der Waals surface area (Å²) in [6.45, 7) is 0. The lowest BCUT2D eigenvalue weighted by molar-refractivity contribution is 0.112. The van der Waals surface area contributed by atoms with Crippen LogP contribution >= 0.6 is 11.3 Å². The fourth-order valence-corrected chi connectivity index (χ4v) is 4.70. The van der Waals surface area contributed by atoms with Gasteiger partial charge in [-0.1, -0.05) is 56.3 Å². The first kappa shape index (κ1) is 17.4. The highest BCUT2D eigenvalue weighted by molar-refractivity contribution is 7.17. The van der Waals surface area contributed by atoms with Crippen molar-refractivity contribution in [2.75, 3.05) is 5.32 Å². The second kappa shape index (κ2) is 8.60. The molecule has 0 bridgehead atoms. The number of nitrogens with one attached hydrogen (secondary N) is 1. The van der Waals surface area contributed by atoms with Crippen molar-refractivity contribution in [1.29, 1.82) is 0 Å². The van der Waals surface area contributed by atoms with Crippen LogP contribution in [0.4, 0.5) is 9.93 Å². The fourth-order valence-electron chi connectivity index (χ4n) is 4.08. The number of thiazole rings is 1. The van der Waals surface area contributed by atoms with E-state index in [9.17, 15) is 9.59 Å². The summed E-state index contributed by atoms with van der Waals surface area (Å²) >= 11 is 1.24. The highest BCUT2D eigenvalue weighted by Crippen LogP contribution is 2.30. The number of rotatable bonds is 4. The summed E-state index contributed by atoms with van der Waals surface area (Å²) in [6, 6.07) is 0.675. The fraction of sp³-hybridized carbons (Fsp3) is 0.722. The van der Waals surface area contributed by atoms with Gasteiger partial charge in [0, 0.05) is 12.1 Å². The third kappa shape index (κ3) is 4.35. The molecule has 2 saturated carbocycles. The predicted molar refractivity (Wildman–Crippen MR) is 96.7 cm³/mol. The predicted octanol–water partition coefficient (Wildman–Crippen LogP) is 4.85. The number of nitrogens with zero attached hydrogens (tertiary/aromatic N) is 2. The molecular weight excluding hydrogens is 322 g/mol. The molecule has 0 spiro atoms. The molecule has 0 radical (unpaired) electrons. The van der Waals surface area contributed by atoms with E-state index in [0.717, 1.165) is 32.0 Å². The summed E-state index contributed by atoms with van der Waals surface area (Å²) in [4.78, 5) is 30.7. The Morgan fingerprint density at radius 2 is 1.58 bits per heavy atom. The lowest BCUT2D eigenvalue weighted by atomic mass is 9.92. The lowest BCUT2D eigenvalue weighted by Gasteiger charge is -2.39. The van der Waals surface area contributed by atoms with Crippen molar-refractivity contribution in [2.24, 2.45) is 0 Å². The van der Waals surface area contributed by atoms with Gasteiger partial charge in [0.2, 0.25) is 0 Å². The summed E-state index contributed by atoms with van der Waals surface area (Å²) in [5.41, 5.74) is 0. The average Bonchev–Trinajstić information content (AvgIpc) is 2.89. The minimum Gasteiger partial charge on any atom is -0.319 e. The summed E-state index contributed by atoms with van der Waals surface area (Å²) in [6.07, 6.45) is 15.5. The highest BCUT2D eigenvalue weighted by Gasteiger charge is 2.32. The van der Waals surface area contributed by atoms with Crippen LogP contribution < -0.4 is 5.32 Å². The third-order valence-corrected chi connectivity index (χ3v) is 6.11. The lowest BCUT2D eigenvalue weighted by Crippen LogP contribution is -2.49. The van der Waals surface area contributed by atoms with Gasteiger partial charge in [-0.05, 0) is 25.7 Å². The van der Waals surface area contributed by atoms with Crippen molar-refractivity contribution in [2.45, 2.75) is 82.7 Å². The highest BCUT2D eigenvalue weighted by atomic mass is 32.1. The van der Waals surface area contributed by atoms with E-state index < -0.39 is 0 Å². The van der Waals surface area contributed by atoms with Crippen LogP contribution in [0.2, 0.25) is 0 Å². The van der Waals surface area contributed by atoms with Gasteiger partial charge in [-0.2, -0.15) is 0 Å². The standard InChI is InChI=1S/C18H27N3O2S/c22-13-16-12-19-17(24-16)20-18(23)21(15-10-6-3-7-11-15)14-8-4-1-2-5-9-14/h12-15H,1-11H2,(H,19,20,23). The van der Waals surface area contributed by atoms with E-state index in [1.807, 2.05) is 0 Å². The molecule has 0 aromatic carbocycles. The average molecular weight is 350 g/mol. The Hall–Kier alpha value is -1.43. The molecule has 0 atom stereocenters. The Labute approximate surface area is 147 Å². The number of carbonyl (C=O) groups excluding carboxylic acids is 2. The van der Waals surface area contributed by atoms with Crippen LogP contribution in [0, 0.1) is 0 Å². The minimum absolute atomic E-state index is 0.0272. The number of carbonyl (C=O) groups is 2. The molecule has 0 saturated heterocycles. The van der Waals surface area contributed by atoms with Crippen molar-refractivity contribution in [3.63, 3.8) is 0 Å². The largest absolute Gasteiger partial charge is 0.324 e. The Morgan fingerprint density at radius 1 is 1.04 bits per heavy atom. The molecule has 24 heavy (non-hydrogen) atoms. The van der Waals surface area contributed by atoms with Crippen molar-refractivity contribution < 1.29 is 9.59 Å². The van der Waals surface area contributed by atoms with Gasteiger partial charge in [0.1, 0.15) is 0 Å². The number of hydrogen-bond acceptors (Lipinski definition) is 4. The van der Waals surface area contributed by atoms with Gasteiger partial charge in [-0.25, -0.2) is 9.78 Å². The summed E-state index contributed by atoms with van der Waals surface area (Å²) in [7, 11) is 0. The smallest absolute Gasteiger partial charge is 0.319 e. The molecule has 1 aromatic rings. The van der Waals surface area contributed by atoms with Gasteiger partial charge in [-0.3, -0.25) is 10.1 Å². The molecule has 132 valence electrons. The maximum atomic E-state index is 13.0. The van der Waals surface area contributed by atoms with Crippen LogP contribution in [0.5, 0.6) is 0 Å². The zero-order chi connectivity index (χ0) is 16.8. The summed E-state index contributed by atoms with van der Waals surface area (Å²) in [5, 5.41) is 3.47. The van der Waals surface area contributed by atoms with Crippen LogP contribution in [0.3, 0.4) is 0 Å². The Bertz CT molecular complexity index is 546. The van der Waals surface area contributed by atoms with E-state index in [0.29, 0.717) is 22.1 Å². The molecule has 2 aliphatic carbocycles. The summed E-state index contributed by atoms with van der Waals surface area (Å²) in [5.74, 6) is 0. The monoisotopic (exact) mass is 349 g/mol. The van der Waals surface area contributed by atoms with Gasteiger partial charge < -0.3 is 4.90 Å². The molecule has 1 N–H and O–H groups in total. The van der Waals surface area contributed by atoms with Crippen molar-refractivity contribution in [1.82, 2.24) is 9.88 Å². The molecule has 0 unspecified atom stereocenters. The Kier molecular flexibility index (Phi) is 6.24. The zero-order valence-electron chi connectivity index (χ0n) is 14.2. The number of aromatic nitrogens is 1. The zero-order valence-corrected chi connectivity index (χ0v) is 15.0. The van der Waals surface area contributed by atoms with E-state index in [1.165, 1.54) is 62.5 Å². The van der Waals surface area contributed by atoms with E-state index in [4.69, 9.17) is 0 Å². The van der Waals surface area contributed by atoms with E-state index in [1.54, 1.807) is 0 Å². The first-order valence-corrected chi connectivity index (χ1v) is 10.1. The maximum Gasteiger partial charge on any atom is 0.324 e. The molecule has 1 aromatic heterocycles. The van der Waals surface area contributed by atoms with Gasteiger partial charge in [0.15, 0.2) is 11.4 Å². The SMILES string of the molecule is O=Cc1cnc(NC(=O)N(C2CCCCCC2)C2CCCCC2)s1. The van der Waals surface area contributed by atoms with Crippen molar-refractivity contribution in [3.8, 4) is 0 Å². The first-order valence-electron chi connectivity index (χ1n) is 9.28. The quantitative estimate of drug-likeness (QED) is 0.624. The molecule has 2 aliphatic rings. The Morgan fingerprint density at radius 3 is 2.08 bits per heavy atom. The van der Waals surface area contributed by atoms with E-state index in [2.05, 4.69) is 15.2 Å². The van der Waals surface area contributed by atoms with Crippen LogP contribution in [-0.4, -0.2) is 34.3 Å². The number of aldehydes is 1. The van der Waals surface area contributed by atoms with Gasteiger partial charge in [0.25, 0.3) is 0 Å². The topological polar surface area (TPSA) is 62.3 Å². The summed E-state index contributed by atoms with van der Waals surface area (Å²) < 4.78 is 0. The Balaban J connectivity index is 1.73. The van der Waals surface area contributed by atoms with Crippen LogP contribution in [0.25, 0.3) is 0 Å². The van der Waals surface area contributed by atoms with Crippen molar-refractivity contribution >= 4 is 28.8 Å². The van der Waals surface area contributed by atoms with Crippen LogP contribution in [0.1, 0.15) is 80.3 Å². The molecule has 3 rings (SSSR count). The molecule has 2 amide bonds. The number of hydrogen-bond donors (Lipinski definition) is 1. The van der Waals surface area contributed by atoms with E-state index in [-0.39, 0.29) is 6.03 Å². The number of anilines is 1.